The predicted molar refractivity (Wildman–Crippen MR) is 90.5 cm³/mol. The van der Waals surface area contributed by atoms with Crippen LogP contribution in [0.5, 0.6) is 0 Å². The van der Waals surface area contributed by atoms with Gasteiger partial charge < -0.3 is 5.32 Å². The molecule has 1 saturated heterocycles. The largest absolute Gasteiger partial charge is 0.313 e. The molecule has 3 rings (SSSR count). The predicted octanol–water partition coefficient (Wildman–Crippen LogP) is 3.91. The first-order valence-corrected chi connectivity index (χ1v) is 9.30. The van der Waals surface area contributed by atoms with Gasteiger partial charge in [0.05, 0.1) is 0 Å². The summed E-state index contributed by atoms with van der Waals surface area (Å²) in [6, 6.07) is 1.50. The van der Waals surface area contributed by atoms with Crippen molar-refractivity contribution in [3.8, 4) is 0 Å². The zero-order valence-corrected chi connectivity index (χ0v) is 14.9. The molecule has 0 aromatic rings. The Balaban J connectivity index is 1.78. The van der Waals surface area contributed by atoms with Gasteiger partial charge in [0.2, 0.25) is 0 Å². The van der Waals surface area contributed by atoms with E-state index in [1.807, 2.05) is 0 Å². The summed E-state index contributed by atoms with van der Waals surface area (Å²) in [6.45, 7) is 16.2. The SMILES string of the molecule is CC(C)CC1CN(C2C3(C)CCC(C3)C2(C)C)CCCN1. The molecule has 0 radical (unpaired) electrons. The number of hydrogen-bond donors (Lipinski definition) is 1. The quantitative estimate of drug-likeness (QED) is 0.848. The van der Waals surface area contributed by atoms with Crippen LogP contribution < -0.4 is 5.32 Å². The molecule has 1 N–H and O–H groups in total. The summed E-state index contributed by atoms with van der Waals surface area (Å²) in [6.07, 6.45) is 7.06. The number of fused-ring (bicyclic) bond motifs is 2. The van der Waals surface area contributed by atoms with E-state index in [1.54, 1.807) is 0 Å². The van der Waals surface area contributed by atoms with Gasteiger partial charge in [0.1, 0.15) is 0 Å². The van der Waals surface area contributed by atoms with Gasteiger partial charge in [-0.1, -0.05) is 34.6 Å². The molecule has 0 aromatic carbocycles. The Morgan fingerprint density at radius 2 is 2.00 bits per heavy atom. The van der Waals surface area contributed by atoms with Gasteiger partial charge in [-0.25, -0.2) is 0 Å². The Hall–Kier alpha value is -0.0800. The van der Waals surface area contributed by atoms with Crippen LogP contribution in [0.15, 0.2) is 0 Å². The second kappa shape index (κ2) is 5.53. The summed E-state index contributed by atoms with van der Waals surface area (Å²) in [7, 11) is 0. The van der Waals surface area contributed by atoms with E-state index in [9.17, 15) is 0 Å². The van der Waals surface area contributed by atoms with Crippen molar-refractivity contribution in [2.24, 2.45) is 22.7 Å². The molecule has 4 unspecified atom stereocenters. The molecule has 0 amide bonds. The van der Waals surface area contributed by atoms with Crippen LogP contribution in [0, 0.1) is 22.7 Å². The highest BCUT2D eigenvalue weighted by molar-refractivity contribution is 5.13. The zero-order chi connectivity index (χ0) is 15.3. The monoisotopic (exact) mass is 292 g/mol. The van der Waals surface area contributed by atoms with Gasteiger partial charge in [-0.2, -0.15) is 0 Å². The van der Waals surface area contributed by atoms with E-state index < -0.39 is 0 Å². The van der Waals surface area contributed by atoms with E-state index in [4.69, 9.17) is 0 Å². The molecule has 3 fully saturated rings. The van der Waals surface area contributed by atoms with Gasteiger partial charge >= 0.3 is 0 Å². The molecule has 0 aromatic heterocycles. The average molecular weight is 293 g/mol. The van der Waals surface area contributed by atoms with Crippen molar-refractivity contribution < 1.29 is 0 Å². The van der Waals surface area contributed by atoms with Crippen LogP contribution in [0.3, 0.4) is 0 Å². The van der Waals surface area contributed by atoms with Gasteiger partial charge in [0.25, 0.3) is 0 Å². The van der Waals surface area contributed by atoms with Crippen molar-refractivity contribution in [2.45, 2.75) is 78.8 Å². The number of hydrogen-bond acceptors (Lipinski definition) is 2. The maximum atomic E-state index is 3.81. The van der Waals surface area contributed by atoms with Crippen molar-refractivity contribution in [2.75, 3.05) is 19.6 Å². The molecule has 2 bridgehead atoms. The van der Waals surface area contributed by atoms with Crippen LogP contribution in [0.4, 0.5) is 0 Å². The fourth-order valence-corrected chi connectivity index (χ4v) is 6.18. The van der Waals surface area contributed by atoms with Crippen LogP contribution in [0.25, 0.3) is 0 Å². The Bertz CT molecular complexity index is 371. The molecule has 3 aliphatic rings. The zero-order valence-electron chi connectivity index (χ0n) is 14.9. The molecule has 1 aliphatic heterocycles. The van der Waals surface area contributed by atoms with Crippen molar-refractivity contribution in [3.05, 3.63) is 0 Å². The number of nitrogens with zero attached hydrogens (tertiary/aromatic N) is 1. The third-order valence-electron chi connectivity index (χ3n) is 6.82. The first-order chi connectivity index (χ1) is 9.83. The van der Waals surface area contributed by atoms with Gasteiger partial charge in [0, 0.05) is 18.6 Å². The minimum Gasteiger partial charge on any atom is -0.313 e. The van der Waals surface area contributed by atoms with E-state index in [2.05, 4.69) is 44.8 Å². The van der Waals surface area contributed by atoms with Crippen molar-refractivity contribution >= 4 is 0 Å². The minimum atomic E-state index is 0.514. The molecule has 1 heterocycles. The minimum absolute atomic E-state index is 0.514. The summed E-state index contributed by atoms with van der Waals surface area (Å²) >= 11 is 0. The molecule has 21 heavy (non-hydrogen) atoms. The first kappa shape index (κ1) is 15.8. The Morgan fingerprint density at radius 3 is 2.62 bits per heavy atom. The molecule has 122 valence electrons. The Kier molecular flexibility index (Phi) is 4.16. The molecular formula is C19H36N2. The smallest absolute Gasteiger partial charge is 0.0204 e. The third kappa shape index (κ3) is 2.79. The molecule has 2 nitrogen and oxygen atoms in total. The topological polar surface area (TPSA) is 15.3 Å². The number of nitrogens with one attached hydrogen (secondary N) is 1. The molecule has 2 aliphatic carbocycles. The summed E-state index contributed by atoms with van der Waals surface area (Å²) in [5, 5.41) is 3.81. The molecule has 2 saturated carbocycles. The Morgan fingerprint density at radius 1 is 1.24 bits per heavy atom. The van der Waals surface area contributed by atoms with Crippen molar-refractivity contribution in [1.82, 2.24) is 10.2 Å². The maximum absolute atomic E-state index is 3.81. The van der Waals surface area contributed by atoms with Gasteiger partial charge in [-0.15, -0.1) is 0 Å². The van der Waals surface area contributed by atoms with Crippen LogP contribution in [0.1, 0.15) is 66.7 Å². The normalized spacial score (nSPS) is 43.4. The highest BCUT2D eigenvalue weighted by Crippen LogP contribution is 2.64. The molecular weight excluding hydrogens is 256 g/mol. The van der Waals surface area contributed by atoms with E-state index in [1.165, 1.54) is 51.7 Å². The third-order valence-corrected chi connectivity index (χ3v) is 6.82. The first-order valence-electron chi connectivity index (χ1n) is 9.30. The molecule has 0 spiro atoms. The highest BCUT2D eigenvalue weighted by atomic mass is 15.2. The molecule has 2 heteroatoms. The lowest BCUT2D eigenvalue weighted by Crippen LogP contribution is -2.55. The Labute approximate surface area is 132 Å². The summed E-state index contributed by atoms with van der Waals surface area (Å²) in [5.74, 6) is 1.76. The molecule has 4 atom stereocenters. The van der Waals surface area contributed by atoms with Crippen molar-refractivity contribution in [3.63, 3.8) is 0 Å². The fourth-order valence-electron chi connectivity index (χ4n) is 6.18. The van der Waals surface area contributed by atoms with E-state index in [0.29, 0.717) is 16.9 Å². The summed E-state index contributed by atoms with van der Waals surface area (Å²) in [5.41, 5.74) is 1.10. The van der Waals surface area contributed by atoms with Crippen LogP contribution >= 0.6 is 0 Å². The number of rotatable bonds is 3. The lowest BCUT2D eigenvalue weighted by Gasteiger charge is -2.49. The highest BCUT2D eigenvalue weighted by Gasteiger charge is 2.60. The maximum Gasteiger partial charge on any atom is 0.0204 e. The van der Waals surface area contributed by atoms with E-state index >= 15 is 0 Å². The van der Waals surface area contributed by atoms with E-state index in [-0.39, 0.29) is 0 Å². The van der Waals surface area contributed by atoms with Crippen molar-refractivity contribution in [1.29, 1.82) is 0 Å². The van der Waals surface area contributed by atoms with Crippen LogP contribution in [-0.2, 0) is 0 Å². The second-order valence-electron chi connectivity index (χ2n) is 9.45. The van der Waals surface area contributed by atoms with Gasteiger partial charge in [0.15, 0.2) is 0 Å². The standard InChI is InChI=1S/C19H36N2/c1-14(2)11-16-13-21(10-6-9-20-16)17-18(3,4)15-7-8-19(17,5)12-15/h14-17,20H,6-13H2,1-5H3. The van der Waals surface area contributed by atoms with Gasteiger partial charge in [-0.3, -0.25) is 4.90 Å². The van der Waals surface area contributed by atoms with Crippen LogP contribution in [-0.4, -0.2) is 36.6 Å². The summed E-state index contributed by atoms with van der Waals surface area (Å²) in [4.78, 5) is 2.90. The summed E-state index contributed by atoms with van der Waals surface area (Å²) < 4.78 is 0. The fraction of sp³-hybridized carbons (Fsp3) is 1.00. The van der Waals surface area contributed by atoms with Gasteiger partial charge in [-0.05, 0) is 67.9 Å². The van der Waals surface area contributed by atoms with Crippen LogP contribution in [0.2, 0.25) is 0 Å². The lowest BCUT2D eigenvalue weighted by molar-refractivity contribution is 0.00204. The lowest BCUT2D eigenvalue weighted by atomic mass is 9.67. The average Bonchev–Trinajstić information content (AvgIpc) is 2.73. The van der Waals surface area contributed by atoms with E-state index in [0.717, 1.165) is 17.9 Å². The second-order valence-corrected chi connectivity index (χ2v) is 9.45.